The molecule has 1 fully saturated rings. The van der Waals surface area contributed by atoms with Gasteiger partial charge in [-0.15, -0.1) is 0 Å². The van der Waals surface area contributed by atoms with Crippen molar-refractivity contribution in [3.8, 4) is 0 Å². The Morgan fingerprint density at radius 2 is 1.96 bits per heavy atom. The van der Waals surface area contributed by atoms with Crippen LogP contribution in [0.3, 0.4) is 0 Å². The maximum absolute atomic E-state index is 12.6. The van der Waals surface area contributed by atoms with E-state index in [4.69, 9.17) is 4.74 Å². The summed E-state index contributed by atoms with van der Waals surface area (Å²) in [5.41, 5.74) is 2.70. The lowest BCUT2D eigenvalue weighted by Crippen LogP contribution is -2.54. The van der Waals surface area contributed by atoms with Crippen LogP contribution in [0, 0.1) is 5.92 Å². The second kappa shape index (κ2) is 9.38. The zero-order chi connectivity index (χ0) is 20.0. The molecule has 1 aromatic carbocycles. The van der Waals surface area contributed by atoms with Crippen molar-refractivity contribution in [3.05, 3.63) is 42.0 Å². The lowest BCUT2D eigenvalue weighted by atomic mass is 9.92. The Labute approximate surface area is 164 Å². The van der Waals surface area contributed by atoms with Gasteiger partial charge in [0, 0.05) is 25.7 Å². The van der Waals surface area contributed by atoms with Crippen molar-refractivity contribution in [1.29, 1.82) is 0 Å². The van der Waals surface area contributed by atoms with E-state index < -0.39 is 5.54 Å². The molecule has 27 heavy (non-hydrogen) atoms. The highest BCUT2D eigenvalue weighted by Gasteiger charge is 2.26. The van der Waals surface area contributed by atoms with E-state index in [1.807, 2.05) is 39.0 Å². The molecule has 5 nitrogen and oxygen atoms in total. The zero-order valence-corrected chi connectivity index (χ0v) is 17.5. The summed E-state index contributed by atoms with van der Waals surface area (Å²) in [5.74, 6) is 0.462. The topological polar surface area (TPSA) is 53.6 Å². The second-order valence-electron chi connectivity index (χ2n) is 8.28. The largest absolute Gasteiger partial charge is 0.379 e. The molecule has 0 aromatic heterocycles. The molecule has 0 bridgehead atoms. The van der Waals surface area contributed by atoms with E-state index in [0.29, 0.717) is 18.5 Å². The van der Waals surface area contributed by atoms with Crippen molar-refractivity contribution in [3.63, 3.8) is 0 Å². The van der Waals surface area contributed by atoms with Crippen LogP contribution in [0.25, 0.3) is 5.57 Å². The summed E-state index contributed by atoms with van der Waals surface area (Å²) in [7, 11) is 0. The number of morpholine rings is 1. The van der Waals surface area contributed by atoms with Gasteiger partial charge in [-0.25, -0.2) is 4.79 Å². The highest BCUT2D eigenvalue weighted by atomic mass is 16.5. The number of allylic oxidation sites excluding steroid dienone is 1. The van der Waals surface area contributed by atoms with Crippen LogP contribution in [0.4, 0.5) is 4.79 Å². The molecule has 2 rings (SSSR count). The third kappa shape index (κ3) is 6.08. The third-order valence-electron chi connectivity index (χ3n) is 5.26. The molecular weight excluding hydrogens is 338 g/mol. The molecule has 1 heterocycles. The molecule has 150 valence electrons. The van der Waals surface area contributed by atoms with E-state index in [0.717, 1.165) is 43.0 Å². The summed E-state index contributed by atoms with van der Waals surface area (Å²) in [5, 5.41) is 6.19. The van der Waals surface area contributed by atoms with Crippen LogP contribution in [0.5, 0.6) is 0 Å². The summed E-state index contributed by atoms with van der Waals surface area (Å²) in [6.45, 7) is 18.4. The van der Waals surface area contributed by atoms with Gasteiger partial charge in [-0.2, -0.15) is 0 Å². The molecule has 1 aliphatic rings. The first-order chi connectivity index (χ1) is 12.7. The molecule has 2 amide bonds. The van der Waals surface area contributed by atoms with Gasteiger partial charge < -0.3 is 15.4 Å². The molecule has 0 radical (unpaired) electrons. The Bertz CT molecular complexity index is 649. The molecule has 1 unspecified atom stereocenters. The first kappa shape index (κ1) is 21.5. The Hall–Kier alpha value is -1.85. The average molecular weight is 374 g/mol. The third-order valence-corrected chi connectivity index (χ3v) is 5.26. The molecule has 1 saturated heterocycles. The highest BCUT2D eigenvalue weighted by Crippen LogP contribution is 2.23. The lowest BCUT2D eigenvalue weighted by molar-refractivity contribution is 0.00715. The molecule has 0 saturated carbocycles. The van der Waals surface area contributed by atoms with Gasteiger partial charge in [0.15, 0.2) is 0 Å². The predicted molar refractivity (Wildman–Crippen MR) is 112 cm³/mol. The van der Waals surface area contributed by atoms with Crippen molar-refractivity contribution in [2.24, 2.45) is 5.92 Å². The Balaban J connectivity index is 1.96. The van der Waals surface area contributed by atoms with Gasteiger partial charge in [0.25, 0.3) is 0 Å². The minimum absolute atomic E-state index is 0.139. The highest BCUT2D eigenvalue weighted by molar-refractivity contribution is 5.75. The molecule has 1 aromatic rings. The van der Waals surface area contributed by atoms with Crippen LogP contribution >= 0.6 is 0 Å². The fourth-order valence-electron chi connectivity index (χ4n) is 3.47. The summed E-state index contributed by atoms with van der Waals surface area (Å²) >= 11 is 0. The number of nitrogens with zero attached hydrogens (tertiary/aromatic N) is 1. The van der Waals surface area contributed by atoms with E-state index >= 15 is 0 Å². The predicted octanol–water partition coefficient (Wildman–Crippen LogP) is 3.61. The number of amides is 2. The maximum atomic E-state index is 12.6. The van der Waals surface area contributed by atoms with Crippen molar-refractivity contribution >= 4 is 11.6 Å². The Kier molecular flexibility index (Phi) is 7.45. The van der Waals surface area contributed by atoms with Gasteiger partial charge in [-0.1, -0.05) is 44.2 Å². The van der Waals surface area contributed by atoms with Crippen molar-refractivity contribution < 1.29 is 9.53 Å². The van der Waals surface area contributed by atoms with Gasteiger partial charge in [-0.3, -0.25) is 4.90 Å². The van der Waals surface area contributed by atoms with Crippen LogP contribution in [0.1, 0.15) is 45.7 Å². The average Bonchev–Trinajstić information content (AvgIpc) is 2.62. The fraction of sp³-hybridized carbons (Fsp3) is 0.591. The molecule has 1 aliphatic heterocycles. The summed E-state index contributed by atoms with van der Waals surface area (Å²) in [6, 6.07) is 8.35. The Morgan fingerprint density at radius 1 is 1.30 bits per heavy atom. The van der Waals surface area contributed by atoms with Crippen LogP contribution in [-0.4, -0.2) is 49.8 Å². The number of carbonyl (C=O) groups excluding carboxylic acids is 1. The number of urea groups is 1. The molecular formula is C22H35N3O2. The standard InChI is InChI=1S/C22H35N3O2/c1-16(2)18-8-7-9-19(14-18)22(5,6)24-21(26)23-15-20(17(3)4)25-10-12-27-13-11-25/h7-9,14,17,20H,1,10-13,15H2,2-6H3,(H2,23,24,26). The van der Waals surface area contributed by atoms with Gasteiger partial charge in [0.1, 0.15) is 0 Å². The SMILES string of the molecule is C=C(C)c1cccc(C(C)(C)NC(=O)NCC(C(C)C)N2CCOCC2)c1. The van der Waals surface area contributed by atoms with E-state index in [1.165, 1.54) is 0 Å². The number of rotatable bonds is 7. The first-order valence-corrected chi connectivity index (χ1v) is 9.85. The first-order valence-electron chi connectivity index (χ1n) is 9.85. The lowest BCUT2D eigenvalue weighted by Gasteiger charge is -2.37. The van der Waals surface area contributed by atoms with Crippen molar-refractivity contribution in [1.82, 2.24) is 15.5 Å². The molecule has 1 atom stereocenters. The summed E-state index contributed by atoms with van der Waals surface area (Å²) in [4.78, 5) is 15.0. The minimum atomic E-state index is -0.470. The number of hydrogen-bond donors (Lipinski definition) is 2. The van der Waals surface area contributed by atoms with E-state index in [-0.39, 0.29) is 6.03 Å². The molecule has 0 spiro atoms. The van der Waals surface area contributed by atoms with Crippen LogP contribution in [0.2, 0.25) is 0 Å². The van der Waals surface area contributed by atoms with Gasteiger partial charge in [-0.05, 0) is 43.9 Å². The molecule has 5 heteroatoms. The van der Waals surface area contributed by atoms with Crippen molar-refractivity contribution in [2.45, 2.75) is 46.2 Å². The van der Waals surface area contributed by atoms with Gasteiger partial charge in [0.05, 0.1) is 18.8 Å². The van der Waals surface area contributed by atoms with Crippen LogP contribution in [0.15, 0.2) is 30.8 Å². The smallest absolute Gasteiger partial charge is 0.315 e. The number of nitrogens with one attached hydrogen (secondary N) is 2. The number of benzene rings is 1. The second-order valence-corrected chi connectivity index (χ2v) is 8.28. The molecule has 0 aliphatic carbocycles. The zero-order valence-electron chi connectivity index (χ0n) is 17.5. The number of hydrogen-bond acceptors (Lipinski definition) is 3. The van der Waals surface area contributed by atoms with E-state index in [9.17, 15) is 4.79 Å². The van der Waals surface area contributed by atoms with Crippen LogP contribution in [-0.2, 0) is 10.3 Å². The number of carbonyl (C=O) groups is 1. The van der Waals surface area contributed by atoms with Crippen LogP contribution < -0.4 is 10.6 Å². The Morgan fingerprint density at radius 3 is 2.56 bits per heavy atom. The van der Waals surface area contributed by atoms with Gasteiger partial charge >= 0.3 is 6.03 Å². The van der Waals surface area contributed by atoms with Crippen molar-refractivity contribution in [2.75, 3.05) is 32.8 Å². The maximum Gasteiger partial charge on any atom is 0.315 e. The fourth-order valence-corrected chi connectivity index (χ4v) is 3.47. The quantitative estimate of drug-likeness (QED) is 0.768. The minimum Gasteiger partial charge on any atom is -0.379 e. The monoisotopic (exact) mass is 373 g/mol. The summed E-state index contributed by atoms with van der Waals surface area (Å²) < 4.78 is 5.45. The number of ether oxygens (including phenoxy) is 1. The normalized spacial score (nSPS) is 16.8. The molecule has 2 N–H and O–H groups in total. The van der Waals surface area contributed by atoms with E-state index in [1.54, 1.807) is 0 Å². The summed E-state index contributed by atoms with van der Waals surface area (Å²) in [6.07, 6.45) is 0. The van der Waals surface area contributed by atoms with Gasteiger partial charge in [0.2, 0.25) is 0 Å². The van der Waals surface area contributed by atoms with E-state index in [2.05, 4.69) is 42.0 Å².